The summed E-state index contributed by atoms with van der Waals surface area (Å²) in [6.07, 6.45) is 5.51. The molecule has 2 heterocycles. The van der Waals surface area contributed by atoms with Gasteiger partial charge in [0.05, 0.1) is 0 Å². The molecule has 8 heteroatoms. The highest BCUT2D eigenvalue weighted by atomic mass is 16.5. The second kappa shape index (κ2) is 10.0. The van der Waals surface area contributed by atoms with Gasteiger partial charge in [-0.3, -0.25) is 9.79 Å². The minimum Gasteiger partial charge on any atom is -0.490 e. The largest absolute Gasteiger partial charge is 0.490 e. The summed E-state index contributed by atoms with van der Waals surface area (Å²) in [4.78, 5) is 21.0. The number of hydrogen-bond acceptors (Lipinski definition) is 7. The topological polar surface area (TPSA) is 114 Å². The zero-order valence-corrected chi connectivity index (χ0v) is 17.9. The van der Waals surface area contributed by atoms with Crippen molar-refractivity contribution >= 4 is 34.4 Å². The molecule has 0 aliphatic carbocycles. The molecule has 1 aliphatic rings. The van der Waals surface area contributed by atoms with Gasteiger partial charge in [-0.15, -0.1) is 0 Å². The normalized spacial score (nSPS) is 15.2. The summed E-state index contributed by atoms with van der Waals surface area (Å²) in [6, 6.07) is 14.8. The first-order chi connectivity index (χ1) is 15.7. The fourth-order valence-electron chi connectivity index (χ4n) is 3.65. The van der Waals surface area contributed by atoms with Crippen LogP contribution in [0.5, 0.6) is 5.75 Å². The Balaban J connectivity index is 1.46. The van der Waals surface area contributed by atoms with Gasteiger partial charge in [0, 0.05) is 36.0 Å². The summed E-state index contributed by atoms with van der Waals surface area (Å²) >= 11 is 0. The van der Waals surface area contributed by atoms with E-state index in [4.69, 9.17) is 10.6 Å². The second-order valence-electron chi connectivity index (χ2n) is 7.58. The average Bonchev–Trinajstić information content (AvgIpc) is 2.83. The molecule has 1 amide bonds. The summed E-state index contributed by atoms with van der Waals surface area (Å²) in [5, 5.41) is 11.8. The number of nitrogens with zero attached hydrogens (tertiary/aromatic N) is 3. The third-order valence-electron chi connectivity index (χ3n) is 5.35. The van der Waals surface area contributed by atoms with Gasteiger partial charge >= 0.3 is 0 Å². The molecule has 0 radical (unpaired) electrons. The number of carbonyl (C=O) groups excluding carboxylic acids is 1. The van der Waals surface area contributed by atoms with Crippen molar-refractivity contribution in [3.8, 4) is 5.75 Å². The molecule has 3 aromatic rings. The molecule has 32 heavy (non-hydrogen) atoms. The van der Waals surface area contributed by atoms with Crippen LogP contribution in [0.15, 0.2) is 64.8 Å². The maximum absolute atomic E-state index is 12.7. The molecule has 0 spiro atoms. The molecule has 4 rings (SSSR count). The van der Waals surface area contributed by atoms with E-state index in [1.54, 1.807) is 31.6 Å². The van der Waals surface area contributed by atoms with E-state index in [1.807, 2.05) is 36.4 Å². The molecule has 4 N–H and O–H groups in total. The molecule has 1 fully saturated rings. The highest BCUT2D eigenvalue weighted by Crippen LogP contribution is 2.21. The molecule has 1 aliphatic heterocycles. The monoisotopic (exact) mass is 430 g/mol. The van der Waals surface area contributed by atoms with Crippen LogP contribution >= 0.6 is 0 Å². The van der Waals surface area contributed by atoms with Crippen LogP contribution in [0.2, 0.25) is 0 Å². The van der Waals surface area contributed by atoms with Crippen LogP contribution in [0.4, 0.5) is 5.82 Å². The Morgan fingerprint density at radius 2 is 1.88 bits per heavy atom. The number of hydrogen-bond donors (Lipinski definition) is 3. The van der Waals surface area contributed by atoms with Gasteiger partial charge in [0.2, 0.25) is 0 Å². The average molecular weight is 431 g/mol. The molecule has 0 bridgehead atoms. The van der Waals surface area contributed by atoms with Crippen molar-refractivity contribution in [2.45, 2.75) is 18.9 Å². The number of carbonyl (C=O) groups is 1. The summed E-state index contributed by atoms with van der Waals surface area (Å²) in [5.41, 5.74) is 1.94. The van der Waals surface area contributed by atoms with E-state index in [2.05, 4.69) is 25.7 Å². The summed E-state index contributed by atoms with van der Waals surface area (Å²) in [6.45, 7) is 1.94. The first-order valence-electron chi connectivity index (χ1n) is 10.6. The fourth-order valence-corrected chi connectivity index (χ4v) is 3.65. The minimum atomic E-state index is -0.233. The van der Waals surface area contributed by atoms with Crippen LogP contribution in [0.3, 0.4) is 0 Å². The lowest BCUT2D eigenvalue weighted by molar-refractivity contribution is 0.102. The summed E-state index contributed by atoms with van der Waals surface area (Å²) in [7, 11) is 1.66. The number of aliphatic imine (C=N–C) groups is 1. The van der Waals surface area contributed by atoms with Gasteiger partial charge in [0.1, 0.15) is 23.4 Å². The lowest BCUT2D eigenvalue weighted by Gasteiger charge is -2.23. The van der Waals surface area contributed by atoms with E-state index in [1.165, 1.54) is 0 Å². The molecule has 1 saturated heterocycles. The molecular formula is C24H26N6O2. The predicted octanol–water partition coefficient (Wildman–Crippen LogP) is 2.98. The van der Waals surface area contributed by atoms with Crippen molar-refractivity contribution in [3.05, 3.63) is 65.9 Å². The number of pyridine rings is 1. The van der Waals surface area contributed by atoms with Crippen LogP contribution in [0, 0.1) is 0 Å². The van der Waals surface area contributed by atoms with Gasteiger partial charge in [-0.1, -0.05) is 12.1 Å². The third kappa shape index (κ3) is 5.09. The number of aromatic nitrogens is 1. The molecule has 0 atom stereocenters. The number of anilines is 1. The molecule has 0 saturated carbocycles. The predicted molar refractivity (Wildman–Crippen MR) is 128 cm³/mol. The van der Waals surface area contributed by atoms with Gasteiger partial charge in [0.25, 0.3) is 5.91 Å². The summed E-state index contributed by atoms with van der Waals surface area (Å²) < 4.78 is 6.00. The highest BCUT2D eigenvalue weighted by molar-refractivity contribution is 6.38. The molecule has 164 valence electrons. The zero-order valence-electron chi connectivity index (χ0n) is 17.9. The first kappa shape index (κ1) is 21.5. The number of amides is 1. The number of hydrazone groups is 1. The van der Waals surface area contributed by atoms with Gasteiger partial charge in [-0.05, 0) is 67.7 Å². The number of nitrogens with two attached hydrogens (primary N) is 1. The van der Waals surface area contributed by atoms with Crippen molar-refractivity contribution in [3.63, 3.8) is 0 Å². The van der Waals surface area contributed by atoms with Crippen LogP contribution in [0.25, 0.3) is 10.8 Å². The fraction of sp³-hybridized carbons (Fsp3) is 0.250. The SMILES string of the molecule is CN=CC(=NN)c1ccc2cnc(NC(=O)c3ccc(OC4CCNCC4)cc3)cc2c1. The van der Waals surface area contributed by atoms with Gasteiger partial charge in [-0.25, -0.2) is 4.98 Å². The summed E-state index contributed by atoms with van der Waals surface area (Å²) in [5.74, 6) is 6.48. The lowest BCUT2D eigenvalue weighted by atomic mass is 10.1. The number of ether oxygens (including phenoxy) is 1. The second-order valence-corrected chi connectivity index (χ2v) is 7.58. The molecule has 8 nitrogen and oxygen atoms in total. The van der Waals surface area contributed by atoms with Crippen LogP contribution in [-0.2, 0) is 0 Å². The number of piperidine rings is 1. The van der Waals surface area contributed by atoms with Crippen molar-refractivity contribution < 1.29 is 9.53 Å². The standard InChI is InChI=1S/C24H26N6O2/c1-26-15-22(30-25)17-2-3-18-14-28-23(13-19(18)12-17)29-24(31)16-4-6-20(7-5-16)32-21-8-10-27-11-9-21/h2-7,12-15,21,27H,8-11,25H2,1H3,(H,28,29,31). The maximum Gasteiger partial charge on any atom is 0.256 e. The number of fused-ring (bicyclic) bond motifs is 1. The number of nitrogens with one attached hydrogen (secondary N) is 2. The van der Waals surface area contributed by atoms with Gasteiger partial charge < -0.3 is 21.2 Å². The quantitative estimate of drug-likeness (QED) is 0.316. The lowest BCUT2D eigenvalue weighted by Crippen LogP contribution is -2.34. The Labute approximate surface area is 186 Å². The Morgan fingerprint density at radius 1 is 1.12 bits per heavy atom. The Kier molecular flexibility index (Phi) is 6.72. The van der Waals surface area contributed by atoms with Crippen molar-refractivity contribution in [1.82, 2.24) is 10.3 Å². The molecule has 2 aromatic carbocycles. The zero-order chi connectivity index (χ0) is 22.3. The van der Waals surface area contributed by atoms with E-state index in [0.717, 1.165) is 48.0 Å². The molecular weight excluding hydrogens is 404 g/mol. The van der Waals surface area contributed by atoms with E-state index in [0.29, 0.717) is 17.1 Å². The van der Waals surface area contributed by atoms with Crippen LogP contribution in [0.1, 0.15) is 28.8 Å². The highest BCUT2D eigenvalue weighted by Gasteiger charge is 2.15. The van der Waals surface area contributed by atoms with E-state index in [9.17, 15) is 4.79 Å². The van der Waals surface area contributed by atoms with Crippen LogP contribution in [-0.4, -0.2) is 49.1 Å². The maximum atomic E-state index is 12.7. The third-order valence-corrected chi connectivity index (χ3v) is 5.35. The van der Waals surface area contributed by atoms with E-state index < -0.39 is 0 Å². The van der Waals surface area contributed by atoms with Crippen molar-refractivity contribution in [2.75, 3.05) is 25.5 Å². The smallest absolute Gasteiger partial charge is 0.256 e. The van der Waals surface area contributed by atoms with Crippen LogP contribution < -0.4 is 21.2 Å². The number of rotatable bonds is 6. The van der Waals surface area contributed by atoms with Crippen molar-refractivity contribution in [2.24, 2.45) is 15.9 Å². The first-order valence-corrected chi connectivity index (χ1v) is 10.6. The Hall–Kier alpha value is -3.78. The minimum absolute atomic E-state index is 0.219. The van der Waals surface area contributed by atoms with Gasteiger partial charge in [0.15, 0.2) is 0 Å². The van der Waals surface area contributed by atoms with Crippen molar-refractivity contribution in [1.29, 1.82) is 0 Å². The Morgan fingerprint density at radius 3 is 2.59 bits per heavy atom. The number of benzene rings is 2. The Bertz CT molecular complexity index is 1150. The molecule has 0 unspecified atom stereocenters. The van der Waals surface area contributed by atoms with E-state index >= 15 is 0 Å². The van der Waals surface area contributed by atoms with E-state index in [-0.39, 0.29) is 12.0 Å². The molecule has 1 aromatic heterocycles. The van der Waals surface area contributed by atoms with Gasteiger partial charge in [-0.2, -0.15) is 5.10 Å².